The Morgan fingerprint density at radius 2 is 0.559 bits per heavy atom. The molecule has 0 fully saturated rings. The zero-order valence-corrected chi connectivity index (χ0v) is 30.2. The van der Waals surface area contributed by atoms with E-state index >= 15 is 0 Å². The minimum absolute atomic E-state index is 0.287. The lowest BCUT2D eigenvalue weighted by atomic mass is 10.0. The molecule has 0 unspecified atom stereocenters. The van der Waals surface area contributed by atoms with Crippen LogP contribution in [-0.2, 0) is 9.53 Å². The van der Waals surface area contributed by atoms with Gasteiger partial charge >= 0.3 is 0 Å². The van der Waals surface area contributed by atoms with E-state index in [0.29, 0.717) is 0 Å². The molecule has 0 aromatic rings. The summed E-state index contributed by atoms with van der Waals surface area (Å²) in [5.74, 6) is 0. The molecule has 0 aromatic carbocycles. The summed E-state index contributed by atoms with van der Waals surface area (Å²) < 4.78 is -26.7. The van der Waals surface area contributed by atoms with Crippen molar-refractivity contribution in [3.05, 3.63) is 0 Å². The van der Waals surface area contributed by atoms with Crippen LogP contribution in [0.25, 0.3) is 0 Å². The number of alkyl halides is 21. The Bertz CT molecular complexity index is 761. The number of rotatable bonds is 10. The van der Waals surface area contributed by atoms with E-state index in [1.165, 1.54) is 0 Å². The number of hydrogen-bond acceptors (Lipinski definition) is 2. The molecule has 204 valence electrons. The van der Waals surface area contributed by atoms with Gasteiger partial charge in [0, 0.05) is 0 Å². The summed E-state index contributed by atoms with van der Waals surface area (Å²) in [6.07, 6.45) is 0. The quantitative estimate of drug-likeness (QED) is 0.161. The molecule has 0 saturated heterocycles. The Morgan fingerprint density at radius 3 is 0.765 bits per heavy atom. The molecule has 0 radical (unpaired) electrons. The van der Waals surface area contributed by atoms with Crippen LogP contribution in [0.2, 0.25) is 0 Å². The maximum absolute atomic E-state index is 10.7. The highest BCUT2D eigenvalue weighted by Gasteiger charge is 2.84. The van der Waals surface area contributed by atoms with Crippen LogP contribution < -0.4 is 0 Å². The lowest BCUT2D eigenvalue weighted by Gasteiger charge is -2.55. The maximum atomic E-state index is 10.7. The summed E-state index contributed by atoms with van der Waals surface area (Å²) in [6, 6.07) is 0. The van der Waals surface area contributed by atoms with Crippen LogP contribution in [0.4, 0.5) is 0 Å². The molecule has 0 spiro atoms. The average molecular weight is 910 g/mol. The molecule has 23 heteroatoms. The Morgan fingerprint density at radius 1 is 0.353 bits per heavy atom. The highest BCUT2D eigenvalue weighted by atomic mass is 35.6. The van der Waals surface area contributed by atoms with E-state index in [9.17, 15) is 4.79 Å². The molecule has 0 rings (SSSR count). The molecule has 0 bridgehead atoms. The number of carbonyl (C=O) groups is 1. The van der Waals surface area contributed by atoms with Gasteiger partial charge < -0.3 is 4.74 Å². The van der Waals surface area contributed by atoms with Gasteiger partial charge in [-0.25, -0.2) is 0 Å². The number of halogens is 21. The van der Waals surface area contributed by atoms with Crippen LogP contribution in [0.1, 0.15) is 0 Å². The van der Waals surface area contributed by atoms with E-state index in [1.54, 1.807) is 0 Å². The Hall–Kier alpha value is 5.56. The molecule has 0 N–H and O–H groups in total. The first kappa shape index (κ1) is 39.6. The van der Waals surface area contributed by atoms with Crippen molar-refractivity contribution < 1.29 is 9.53 Å². The molecule has 0 amide bonds. The van der Waals surface area contributed by atoms with Crippen molar-refractivity contribution in [1.82, 2.24) is 0 Å². The molecule has 0 aliphatic heterocycles. The summed E-state index contributed by atoms with van der Waals surface area (Å²) in [5.41, 5.74) is 0. The standard InChI is InChI=1S/C11HCl21O2/c12-2(13,4(16,17)6(20,21)8(24,25)10(28,29)30)3(14,15)5(18,19)7(22,23)9(26,27)11(31,32)34-1-33/h1H. The van der Waals surface area contributed by atoms with E-state index in [2.05, 4.69) is 4.74 Å². The zero-order chi connectivity index (χ0) is 28.4. The summed E-state index contributed by atoms with van der Waals surface area (Å²) in [6.45, 7) is -0.287. The van der Waals surface area contributed by atoms with E-state index in [-0.39, 0.29) is 6.47 Å². The highest BCUT2D eigenvalue weighted by Crippen LogP contribution is 2.74. The van der Waals surface area contributed by atoms with E-state index in [4.69, 9.17) is 244 Å². The minimum Gasteiger partial charge on any atom is -0.427 e. The molecule has 2 nitrogen and oxygen atoms in total. The second-order valence-corrected chi connectivity index (χ2v) is 20.0. The van der Waals surface area contributed by atoms with Gasteiger partial charge in [-0.05, 0) is 0 Å². The van der Waals surface area contributed by atoms with Gasteiger partial charge in [-0.1, -0.05) is 244 Å². The van der Waals surface area contributed by atoms with Crippen LogP contribution in [0.3, 0.4) is 0 Å². The van der Waals surface area contributed by atoms with Gasteiger partial charge in [0.2, 0.25) is 12.5 Å². The monoisotopic (exact) mass is 899 g/mol. The molecule has 0 aromatic heterocycles. The number of carbonyl (C=O) groups excluding carboxylic acids is 1. The van der Waals surface area contributed by atoms with Crippen LogP contribution in [0, 0.1) is 0 Å². The third-order valence-electron chi connectivity index (χ3n) is 3.68. The van der Waals surface area contributed by atoms with Crippen LogP contribution in [0.15, 0.2) is 0 Å². The molecule has 0 aliphatic rings. The Balaban J connectivity index is 7.04. The first-order valence-corrected chi connectivity index (χ1v) is 14.8. The van der Waals surface area contributed by atoms with Crippen LogP contribution in [0.5, 0.6) is 0 Å². The topological polar surface area (TPSA) is 26.3 Å². The first-order chi connectivity index (χ1) is 14.3. The third kappa shape index (κ3) is 6.12. The molecular weight excluding hydrogens is 909 g/mol. The largest absolute Gasteiger partial charge is 0.427 e. The normalized spacial score (nSPS) is 16.5. The van der Waals surface area contributed by atoms with Gasteiger partial charge in [0.1, 0.15) is 0 Å². The Labute approximate surface area is 298 Å². The van der Waals surface area contributed by atoms with Crippen molar-refractivity contribution in [3.8, 4) is 0 Å². The van der Waals surface area contributed by atoms with Crippen molar-refractivity contribution >= 4 is 250 Å². The molecule has 0 heterocycles. The predicted octanol–water partition coefficient (Wildman–Crippen LogP) is 12.1. The SMILES string of the molecule is O=COC(Cl)(Cl)C(Cl)(Cl)C(Cl)(Cl)C(Cl)(Cl)C(Cl)(Cl)C(Cl)(Cl)C(Cl)(Cl)C(Cl)(Cl)C(Cl)(Cl)C(Cl)(Cl)Cl. The van der Waals surface area contributed by atoms with Crippen molar-refractivity contribution in [1.29, 1.82) is 0 Å². The third-order valence-corrected chi connectivity index (χ3v) is 18.0. The molecule has 0 saturated carbocycles. The van der Waals surface area contributed by atoms with Gasteiger partial charge in [-0.15, -0.1) is 0 Å². The molecule has 0 atom stereocenters. The lowest BCUT2D eigenvalue weighted by molar-refractivity contribution is -0.132. The summed E-state index contributed by atoms with van der Waals surface area (Å²) in [7, 11) is 0. The average Bonchev–Trinajstić information content (AvgIpc) is 2.59. The fourth-order valence-corrected chi connectivity index (χ4v) is 8.14. The van der Waals surface area contributed by atoms with Crippen molar-refractivity contribution in [2.45, 2.75) is 43.0 Å². The van der Waals surface area contributed by atoms with Gasteiger partial charge in [-0.3, -0.25) is 4.79 Å². The smallest absolute Gasteiger partial charge is 0.297 e. The fourth-order valence-electron chi connectivity index (χ4n) is 1.68. The summed E-state index contributed by atoms with van der Waals surface area (Å²) in [4.78, 5) is 10.7. The van der Waals surface area contributed by atoms with Gasteiger partial charge in [0.15, 0.2) is 26.0 Å². The lowest BCUT2D eigenvalue weighted by Crippen LogP contribution is -2.72. The van der Waals surface area contributed by atoms with Gasteiger partial charge in [0.25, 0.3) is 11.0 Å². The van der Waals surface area contributed by atoms with Crippen LogP contribution >= 0.6 is 244 Å². The van der Waals surface area contributed by atoms with E-state index in [0.717, 1.165) is 0 Å². The second-order valence-electron chi connectivity index (χ2n) is 5.82. The molecule has 34 heavy (non-hydrogen) atoms. The number of hydrogen-bond donors (Lipinski definition) is 0. The first-order valence-electron chi connectivity index (χ1n) is 6.89. The maximum Gasteiger partial charge on any atom is 0.297 e. The molecular formula is C11HCl21O2. The van der Waals surface area contributed by atoms with Crippen LogP contribution in [-0.4, -0.2) is 49.5 Å². The highest BCUT2D eigenvalue weighted by molar-refractivity contribution is 6.83. The fraction of sp³-hybridized carbons (Fsp3) is 0.909. The van der Waals surface area contributed by atoms with E-state index in [1.807, 2.05) is 0 Å². The van der Waals surface area contributed by atoms with Gasteiger partial charge in [0.05, 0.1) is 0 Å². The van der Waals surface area contributed by atoms with Crippen molar-refractivity contribution in [2.24, 2.45) is 0 Å². The zero-order valence-electron chi connectivity index (χ0n) is 14.3. The van der Waals surface area contributed by atoms with Crippen molar-refractivity contribution in [2.75, 3.05) is 0 Å². The van der Waals surface area contributed by atoms with Crippen molar-refractivity contribution in [3.63, 3.8) is 0 Å². The Kier molecular flexibility index (Phi) is 13.9. The van der Waals surface area contributed by atoms with E-state index < -0.39 is 43.0 Å². The minimum atomic E-state index is -3.29. The summed E-state index contributed by atoms with van der Waals surface area (Å²) >= 11 is 128. The predicted molar refractivity (Wildman–Crippen MR) is 157 cm³/mol. The second kappa shape index (κ2) is 11.9. The van der Waals surface area contributed by atoms with Gasteiger partial charge in [-0.2, -0.15) is 0 Å². The number of ether oxygens (including phenoxy) is 1. The summed E-state index contributed by atoms with van der Waals surface area (Å²) in [5, 5.41) is 0. The molecule has 0 aliphatic carbocycles.